The predicted octanol–water partition coefficient (Wildman–Crippen LogP) is 2.44. The molecule has 0 spiro atoms. The van der Waals surface area contributed by atoms with Crippen LogP contribution in [0.4, 0.5) is 0 Å². The highest BCUT2D eigenvalue weighted by molar-refractivity contribution is 9.10. The van der Waals surface area contributed by atoms with Crippen LogP contribution in [0.1, 0.15) is 10.9 Å². The molecule has 96 valence electrons. The molecule has 0 aliphatic heterocycles. The summed E-state index contributed by atoms with van der Waals surface area (Å²) < 4.78 is 1.31. The van der Waals surface area contributed by atoms with Crippen LogP contribution in [0.15, 0.2) is 10.5 Å². The lowest BCUT2D eigenvalue weighted by molar-refractivity contribution is -0.139. The number of thiophene rings is 1. The Bertz CT molecular complexity index is 378. The lowest BCUT2D eigenvalue weighted by atomic mass is 10.2. The van der Waals surface area contributed by atoms with Crippen molar-refractivity contribution in [3.63, 3.8) is 0 Å². The van der Waals surface area contributed by atoms with Crippen molar-refractivity contribution >= 4 is 44.8 Å². The molecule has 1 heterocycles. The smallest absolute Gasteiger partial charge is 0.326 e. The van der Waals surface area contributed by atoms with Crippen molar-refractivity contribution in [3.05, 3.63) is 19.8 Å². The van der Waals surface area contributed by atoms with Crippen LogP contribution in [0.3, 0.4) is 0 Å². The Kier molecular flexibility index (Phi) is 5.88. The van der Waals surface area contributed by atoms with Gasteiger partial charge in [0.15, 0.2) is 0 Å². The molecule has 4 nitrogen and oxygen atoms in total. The fraction of sp³-hybridized carbons (Fsp3) is 0.500. The standard InChI is InChI=1S/C10H14BrClN2O2S/c1-14(2)4-3-13-8(10(15)16)7-5-6(11)9(12)17-7/h5,8,13H,3-4H2,1-2H3,(H,15,16). The average Bonchev–Trinajstić information content (AvgIpc) is 2.53. The third-order valence-electron chi connectivity index (χ3n) is 2.10. The van der Waals surface area contributed by atoms with Gasteiger partial charge in [-0.2, -0.15) is 0 Å². The molecule has 1 atom stereocenters. The zero-order chi connectivity index (χ0) is 13.0. The van der Waals surface area contributed by atoms with E-state index in [9.17, 15) is 4.79 Å². The largest absolute Gasteiger partial charge is 0.480 e. The first-order chi connectivity index (χ1) is 7.91. The molecule has 1 aromatic rings. The number of halogens is 2. The summed E-state index contributed by atoms with van der Waals surface area (Å²) >= 11 is 10.5. The molecule has 17 heavy (non-hydrogen) atoms. The Morgan fingerprint density at radius 3 is 2.76 bits per heavy atom. The molecular formula is C10H14BrClN2O2S. The van der Waals surface area contributed by atoms with Gasteiger partial charge in [0.2, 0.25) is 0 Å². The summed E-state index contributed by atoms with van der Waals surface area (Å²) in [5, 5.41) is 12.2. The first kappa shape index (κ1) is 14.9. The number of carboxylic acids is 1. The molecule has 0 amide bonds. The van der Waals surface area contributed by atoms with Crippen molar-refractivity contribution in [2.24, 2.45) is 0 Å². The predicted molar refractivity (Wildman–Crippen MR) is 74.0 cm³/mol. The third kappa shape index (κ3) is 4.56. The van der Waals surface area contributed by atoms with Crippen LogP contribution in [0.2, 0.25) is 4.34 Å². The van der Waals surface area contributed by atoms with Crippen LogP contribution < -0.4 is 5.32 Å². The van der Waals surface area contributed by atoms with Crippen molar-refractivity contribution in [1.29, 1.82) is 0 Å². The summed E-state index contributed by atoms with van der Waals surface area (Å²) in [5.74, 6) is -0.894. The van der Waals surface area contributed by atoms with Crippen molar-refractivity contribution in [1.82, 2.24) is 10.2 Å². The lowest BCUT2D eigenvalue weighted by Gasteiger charge is -2.15. The number of aliphatic carboxylic acids is 1. The number of rotatable bonds is 6. The molecule has 0 saturated carbocycles. The van der Waals surface area contributed by atoms with Gasteiger partial charge in [0, 0.05) is 22.4 Å². The molecule has 1 rings (SSSR count). The van der Waals surface area contributed by atoms with Crippen molar-refractivity contribution in [2.75, 3.05) is 27.2 Å². The van der Waals surface area contributed by atoms with Crippen LogP contribution in [0.25, 0.3) is 0 Å². The monoisotopic (exact) mass is 340 g/mol. The fourth-order valence-corrected chi connectivity index (χ4v) is 3.05. The van der Waals surface area contributed by atoms with Gasteiger partial charge in [0.1, 0.15) is 10.4 Å². The van der Waals surface area contributed by atoms with Crippen LogP contribution in [0, 0.1) is 0 Å². The van der Waals surface area contributed by atoms with Gasteiger partial charge in [0.25, 0.3) is 0 Å². The second-order valence-corrected chi connectivity index (χ2v) is 6.34. The van der Waals surface area contributed by atoms with Gasteiger partial charge >= 0.3 is 5.97 Å². The van der Waals surface area contributed by atoms with E-state index in [1.54, 1.807) is 6.07 Å². The maximum Gasteiger partial charge on any atom is 0.326 e. The van der Waals surface area contributed by atoms with E-state index in [0.29, 0.717) is 15.8 Å². The number of hydrogen-bond acceptors (Lipinski definition) is 4. The fourth-order valence-electron chi connectivity index (χ4n) is 1.25. The summed E-state index contributed by atoms with van der Waals surface area (Å²) in [6.07, 6.45) is 0. The summed E-state index contributed by atoms with van der Waals surface area (Å²) in [7, 11) is 3.88. The molecule has 0 fully saturated rings. The molecule has 1 aromatic heterocycles. The lowest BCUT2D eigenvalue weighted by Crippen LogP contribution is -2.33. The third-order valence-corrected chi connectivity index (χ3v) is 4.64. The minimum Gasteiger partial charge on any atom is -0.480 e. The summed E-state index contributed by atoms with van der Waals surface area (Å²) in [6.45, 7) is 1.39. The van der Waals surface area contributed by atoms with Crippen molar-refractivity contribution in [2.45, 2.75) is 6.04 Å². The van der Waals surface area contributed by atoms with E-state index in [0.717, 1.165) is 11.0 Å². The summed E-state index contributed by atoms with van der Waals surface area (Å²) in [6, 6.07) is 1.04. The maximum absolute atomic E-state index is 11.2. The molecule has 0 saturated heterocycles. The molecule has 0 bridgehead atoms. The van der Waals surface area contributed by atoms with Gasteiger partial charge in [-0.25, -0.2) is 0 Å². The molecule has 0 aliphatic rings. The molecule has 2 N–H and O–H groups in total. The van der Waals surface area contributed by atoms with Gasteiger partial charge in [-0.1, -0.05) is 11.6 Å². The highest BCUT2D eigenvalue weighted by atomic mass is 79.9. The number of hydrogen-bond donors (Lipinski definition) is 2. The molecule has 7 heteroatoms. The number of nitrogens with one attached hydrogen (secondary N) is 1. The van der Waals surface area contributed by atoms with Crippen LogP contribution in [-0.2, 0) is 4.79 Å². The van der Waals surface area contributed by atoms with E-state index < -0.39 is 12.0 Å². The van der Waals surface area contributed by atoms with E-state index in [1.807, 2.05) is 19.0 Å². The minimum atomic E-state index is -0.894. The number of carboxylic acid groups (broad SMARTS) is 1. The quantitative estimate of drug-likeness (QED) is 0.834. The van der Waals surface area contributed by atoms with Crippen LogP contribution >= 0.6 is 38.9 Å². The van der Waals surface area contributed by atoms with Crippen molar-refractivity contribution < 1.29 is 9.90 Å². The summed E-state index contributed by atoms with van der Waals surface area (Å²) in [5.41, 5.74) is 0. The van der Waals surface area contributed by atoms with Gasteiger partial charge in [-0.15, -0.1) is 11.3 Å². The van der Waals surface area contributed by atoms with Crippen LogP contribution in [-0.4, -0.2) is 43.2 Å². The second kappa shape index (κ2) is 6.70. The van der Waals surface area contributed by atoms with Crippen LogP contribution in [0.5, 0.6) is 0 Å². The van der Waals surface area contributed by atoms with Gasteiger partial charge < -0.3 is 10.0 Å². The summed E-state index contributed by atoms with van der Waals surface area (Å²) in [4.78, 5) is 13.9. The molecule has 1 unspecified atom stereocenters. The zero-order valence-electron chi connectivity index (χ0n) is 9.54. The average molecular weight is 342 g/mol. The molecule has 0 aliphatic carbocycles. The molecule has 0 radical (unpaired) electrons. The second-order valence-electron chi connectivity index (χ2n) is 3.80. The maximum atomic E-state index is 11.2. The molecule has 0 aromatic carbocycles. The normalized spacial score (nSPS) is 13.0. The topological polar surface area (TPSA) is 52.6 Å². The Morgan fingerprint density at radius 1 is 1.71 bits per heavy atom. The van der Waals surface area contributed by atoms with Gasteiger partial charge in [-0.05, 0) is 36.1 Å². The van der Waals surface area contributed by atoms with E-state index in [1.165, 1.54) is 11.3 Å². The first-order valence-corrected chi connectivity index (χ1v) is 6.96. The highest BCUT2D eigenvalue weighted by Gasteiger charge is 2.22. The Morgan fingerprint density at radius 2 is 2.35 bits per heavy atom. The van der Waals surface area contributed by atoms with Gasteiger partial charge in [-0.3, -0.25) is 10.1 Å². The minimum absolute atomic E-state index is 0.570. The Hall–Kier alpha value is -0.140. The number of likely N-dealkylation sites (N-methyl/N-ethyl adjacent to an activating group) is 1. The van der Waals surface area contributed by atoms with E-state index in [-0.39, 0.29) is 0 Å². The number of nitrogens with zero attached hydrogens (tertiary/aromatic N) is 1. The first-order valence-electron chi connectivity index (χ1n) is 4.97. The Labute approximate surface area is 118 Å². The SMILES string of the molecule is CN(C)CCNC(C(=O)O)c1cc(Br)c(Cl)s1. The van der Waals surface area contributed by atoms with E-state index >= 15 is 0 Å². The number of carbonyl (C=O) groups is 1. The van der Waals surface area contributed by atoms with Gasteiger partial charge in [0.05, 0.1) is 0 Å². The van der Waals surface area contributed by atoms with Crippen molar-refractivity contribution in [3.8, 4) is 0 Å². The molecular weight excluding hydrogens is 328 g/mol. The highest BCUT2D eigenvalue weighted by Crippen LogP contribution is 2.35. The Balaban J connectivity index is 2.69. The van der Waals surface area contributed by atoms with E-state index in [4.69, 9.17) is 16.7 Å². The van der Waals surface area contributed by atoms with E-state index in [2.05, 4.69) is 21.2 Å². The zero-order valence-corrected chi connectivity index (χ0v) is 12.7.